The average Bonchev–Trinajstić information content (AvgIpc) is 2.57. The van der Waals surface area contributed by atoms with Crippen LogP contribution in [0.4, 0.5) is 5.69 Å². The predicted octanol–water partition coefficient (Wildman–Crippen LogP) is 4.17. The van der Waals surface area contributed by atoms with Gasteiger partial charge in [-0.2, -0.15) is 5.26 Å². The van der Waals surface area contributed by atoms with Crippen LogP contribution in [-0.4, -0.2) is 23.8 Å². The standard InChI is InChI=1S/C19H21N3/c1-3-22(4-2)19(14-16-10-6-5-7-11-16)21-18-13-9-8-12-17(18)15-20/h5-13H,3-4,14H2,1-2H3. The fraction of sp³-hybridized carbons (Fsp3) is 0.263. The van der Waals surface area contributed by atoms with E-state index < -0.39 is 0 Å². The summed E-state index contributed by atoms with van der Waals surface area (Å²) in [6.07, 6.45) is 0.766. The van der Waals surface area contributed by atoms with Crippen molar-refractivity contribution in [3.8, 4) is 6.07 Å². The van der Waals surface area contributed by atoms with Crippen molar-refractivity contribution in [2.75, 3.05) is 13.1 Å². The Morgan fingerprint density at radius 1 is 1.00 bits per heavy atom. The number of amidine groups is 1. The summed E-state index contributed by atoms with van der Waals surface area (Å²) in [5, 5.41) is 9.24. The summed E-state index contributed by atoms with van der Waals surface area (Å²) in [5.74, 6) is 0.999. The number of hydrogen-bond donors (Lipinski definition) is 0. The van der Waals surface area contributed by atoms with Gasteiger partial charge in [-0.25, -0.2) is 4.99 Å². The van der Waals surface area contributed by atoms with Gasteiger partial charge in [-0.1, -0.05) is 42.5 Å². The lowest BCUT2D eigenvalue weighted by molar-refractivity contribution is 0.458. The van der Waals surface area contributed by atoms with Crippen molar-refractivity contribution in [2.45, 2.75) is 20.3 Å². The van der Waals surface area contributed by atoms with Crippen LogP contribution in [0.3, 0.4) is 0 Å². The van der Waals surface area contributed by atoms with Crippen molar-refractivity contribution in [1.29, 1.82) is 5.26 Å². The second kappa shape index (κ2) is 7.99. The number of nitrogens with zero attached hydrogens (tertiary/aromatic N) is 3. The molecule has 0 N–H and O–H groups in total. The molecule has 2 aromatic carbocycles. The second-order valence-corrected chi connectivity index (χ2v) is 4.99. The molecular formula is C19H21N3. The lowest BCUT2D eigenvalue weighted by Crippen LogP contribution is -2.32. The minimum Gasteiger partial charge on any atom is -0.360 e. The Hall–Kier alpha value is -2.60. The van der Waals surface area contributed by atoms with Crippen LogP contribution in [0.25, 0.3) is 0 Å². The lowest BCUT2D eigenvalue weighted by atomic mass is 10.1. The molecule has 0 saturated carbocycles. The molecule has 0 unspecified atom stereocenters. The minimum atomic E-state index is 0.611. The Bertz CT molecular complexity index is 665. The third-order valence-corrected chi connectivity index (χ3v) is 3.61. The summed E-state index contributed by atoms with van der Waals surface area (Å²) >= 11 is 0. The molecular weight excluding hydrogens is 270 g/mol. The molecule has 2 aromatic rings. The zero-order valence-electron chi connectivity index (χ0n) is 13.2. The fourth-order valence-corrected chi connectivity index (χ4v) is 2.39. The van der Waals surface area contributed by atoms with E-state index in [9.17, 15) is 5.26 Å². The zero-order chi connectivity index (χ0) is 15.8. The first-order valence-electron chi connectivity index (χ1n) is 7.64. The highest BCUT2D eigenvalue weighted by atomic mass is 15.2. The van der Waals surface area contributed by atoms with Gasteiger partial charge < -0.3 is 4.90 Å². The molecule has 0 radical (unpaired) electrons. The summed E-state index contributed by atoms with van der Waals surface area (Å²) in [6.45, 7) is 6.05. The smallest absolute Gasteiger partial charge is 0.109 e. The maximum absolute atomic E-state index is 9.24. The van der Waals surface area contributed by atoms with E-state index in [2.05, 4.69) is 36.9 Å². The molecule has 2 rings (SSSR count). The van der Waals surface area contributed by atoms with Crippen LogP contribution in [-0.2, 0) is 6.42 Å². The quantitative estimate of drug-likeness (QED) is 0.612. The second-order valence-electron chi connectivity index (χ2n) is 4.99. The fourth-order valence-electron chi connectivity index (χ4n) is 2.39. The molecule has 3 heteroatoms. The van der Waals surface area contributed by atoms with Crippen molar-refractivity contribution in [1.82, 2.24) is 4.90 Å². The van der Waals surface area contributed by atoms with Crippen LogP contribution in [0, 0.1) is 11.3 Å². The molecule has 0 amide bonds. The highest BCUT2D eigenvalue weighted by Crippen LogP contribution is 2.19. The Labute approximate surface area is 132 Å². The van der Waals surface area contributed by atoms with Gasteiger partial charge in [0.1, 0.15) is 11.9 Å². The van der Waals surface area contributed by atoms with E-state index in [-0.39, 0.29) is 0 Å². The molecule has 0 atom stereocenters. The number of hydrogen-bond acceptors (Lipinski definition) is 2. The highest BCUT2D eigenvalue weighted by Gasteiger charge is 2.10. The summed E-state index contributed by atoms with van der Waals surface area (Å²) in [7, 11) is 0. The number of rotatable bonds is 5. The van der Waals surface area contributed by atoms with Crippen molar-refractivity contribution in [3.63, 3.8) is 0 Å². The number of benzene rings is 2. The maximum Gasteiger partial charge on any atom is 0.109 e. The molecule has 0 aliphatic heterocycles. The molecule has 0 bridgehead atoms. The third kappa shape index (κ3) is 3.95. The van der Waals surface area contributed by atoms with Gasteiger partial charge in [-0.3, -0.25) is 0 Å². The molecule has 0 aromatic heterocycles. The number of aliphatic imine (C=N–C) groups is 1. The van der Waals surface area contributed by atoms with Crippen molar-refractivity contribution >= 4 is 11.5 Å². The number of likely N-dealkylation sites (N-methyl/N-ethyl adjacent to an activating group) is 1. The monoisotopic (exact) mass is 291 g/mol. The van der Waals surface area contributed by atoms with Crippen molar-refractivity contribution in [3.05, 3.63) is 65.7 Å². The molecule has 3 nitrogen and oxygen atoms in total. The zero-order valence-corrected chi connectivity index (χ0v) is 13.2. The summed E-state index contributed by atoms with van der Waals surface area (Å²) in [4.78, 5) is 7.02. The topological polar surface area (TPSA) is 39.4 Å². The van der Waals surface area contributed by atoms with E-state index in [0.29, 0.717) is 5.56 Å². The van der Waals surface area contributed by atoms with E-state index in [1.807, 2.05) is 36.4 Å². The van der Waals surface area contributed by atoms with E-state index in [1.54, 1.807) is 6.07 Å². The summed E-state index contributed by atoms with van der Waals surface area (Å²) in [6, 6.07) is 20.0. The largest absolute Gasteiger partial charge is 0.360 e. The minimum absolute atomic E-state index is 0.611. The SMILES string of the molecule is CCN(CC)C(Cc1ccccc1)=Nc1ccccc1C#N. The van der Waals surface area contributed by atoms with Gasteiger partial charge in [0.05, 0.1) is 11.3 Å². The Balaban J connectivity index is 2.39. The molecule has 0 heterocycles. The average molecular weight is 291 g/mol. The molecule has 22 heavy (non-hydrogen) atoms. The first-order valence-corrected chi connectivity index (χ1v) is 7.64. The van der Waals surface area contributed by atoms with Gasteiger partial charge in [0, 0.05) is 19.5 Å². The van der Waals surface area contributed by atoms with E-state index in [4.69, 9.17) is 4.99 Å². The first-order chi connectivity index (χ1) is 10.8. The van der Waals surface area contributed by atoms with Gasteiger partial charge in [-0.15, -0.1) is 0 Å². The molecule has 0 aliphatic rings. The molecule has 0 fully saturated rings. The third-order valence-electron chi connectivity index (χ3n) is 3.61. The van der Waals surface area contributed by atoms with Crippen molar-refractivity contribution in [2.24, 2.45) is 4.99 Å². The van der Waals surface area contributed by atoms with Crippen LogP contribution in [0.5, 0.6) is 0 Å². The van der Waals surface area contributed by atoms with E-state index in [1.165, 1.54) is 5.56 Å². The molecule has 0 spiro atoms. The molecule has 112 valence electrons. The Kier molecular flexibility index (Phi) is 5.73. The van der Waals surface area contributed by atoms with Gasteiger partial charge >= 0.3 is 0 Å². The van der Waals surface area contributed by atoms with Crippen molar-refractivity contribution < 1.29 is 0 Å². The van der Waals surface area contributed by atoms with Crippen LogP contribution < -0.4 is 0 Å². The Morgan fingerprint density at radius 2 is 1.64 bits per heavy atom. The van der Waals surface area contributed by atoms with Crippen LogP contribution >= 0.6 is 0 Å². The molecule has 0 aliphatic carbocycles. The first kappa shape index (κ1) is 15.8. The van der Waals surface area contributed by atoms with Gasteiger partial charge in [0.25, 0.3) is 0 Å². The van der Waals surface area contributed by atoms with E-state index in [0.717, 1.165) is 31.0 Å². The normalized spacial score (nSPS) is 11.0. The van der Waals surface area contributed by atoms with Gasteiger partial charge in [-0.05, 0) is 31.5 Å². The van der Waals surface area contributed by atoms with Gasteiger partial charge in [0.2, 0.25) is 0 Å². The van der Waals surface area contributed by atoms with Crippen LogP contribution in [0.1, 0.15) is 25.0 Å². The summed E-state index contributed by atoms with van der Waals surface area (Å²) in [5.41, 5.74) is 2.57. The predicted molar refractivity (Wildman–Crippen MR) is 91.3 cm³/mol. The maximum atomic E-state index is 9.24. The van der Waals surface area contributed by atoms with Crippen LogP contribution in [0.2, 0.25) is 0 Å². The van der Waals surface area contributed by atoms with Gasteiger partial charge in [0.15, 0.2) is 0 Å². The highest BCUT2D eigenvalue weighted by molar-refractivity contribution is 5.87. The summed E-state index contributed by atoms with van der Waals surface area (Å²) < 4.78 is 0. The van der Waals surface area contributed by atoms with E-state index >= 15 is 0 Å². The number of nitriles is 1. The Morgan fingerprint density at radius 3 is 2.27 bits per heavy atom. The van der Waals surface area contributed by atoms with Crippen LogP contribution in [0.15, 0.2) is 59.6 Å². The number of para-hydroxylation sites is 1. The molecule has 0 saturated heterocycles. The lowest BCUT2D eigenvalue weighted by Gasteiger charge is -2.23.